The van der Waals surface area contributed by atoms with Gasteiger partial charge in [0.1, 0.15) is 23.7 Å². The Morgan fingerprint density at radius 2 is 2.03 bits per heavy atom. The lowest BCUT2D eigenvalue weighted by molar-refractivity contribution is -0.138. The number of phenols is 1. The molecule has 3 rings (SSSR count). The van der Waals surface area contributed by atoms with Crippen LogP contribution in [0.4, 0.5) is 0 Å². The molecule has 1 heterocycles. The van der Waals surface area contributed by atoms with E-state index in [2.05, 4.69) is 11.8 Å². The summed E-state index contributed by atoms with van der Waals surface area (Å²) in [5.74, 6) is 4.08. The van der Waals surface area contributed by atoms with Gasteiger partial charge in [-0.2, -0.15) is 0 Å². The summed E-state index contributed by atoms with van der Waals surface area (Å²) in [6.07, 6.45) is 3.75. The molecule has 1 saturated carbocycles. The lowest BCUT2D eigenvalue weighted by Crippen LogP contribution is -2.20. The van der Waals surface area contributed by atoms with E-state index in [1.165, 1.54) is 0 Å². The van der Waals surface area contributed by atoms with Gasteiger partial charge in [-0.3, -0.25) is 9.59 Å². The lowest BCUT2D eigenvalue weighted by atomic mass is 9.80. The third-order valence-electron chi connectivity index (χ3n) is 5.77. The number of cyclic esters (lactones) is 1. The number of carbonyl (C=O) groups is 3. The number of phenolic OH excluding ortho intramolecular Hbond substituents is 1. The summed E-state index contributed by atoms with van der Waals surface area (Å²) < 4.78 is 5.11. The van der Waals surface area contributed by atoms with Gasteiger partial charge < -0.3 is 14.9 Å². The summed E-state index contributed by atoms with van der Waals surface area (Å²) in [4.78, 5) is 35.1. The smallest absolute Gasteiger partial charge is 0.342 e. The monoisotopic (exact) mass is 396 g/mol. The molecule has 1 aromatic carbocycles. The number of hydrogen-bond donors (Lipinski definition) is 2. The predicted octanol–water partition coefficient (Wildman–Crippen LogP) is 3.25. The number of aliphatic carboxylic acids is 1. The van der Waals surface area contributed by atoms with Crippen LogP contribution < -0.4 is 0 Å². The molecule has 2 N–H and O–H groups in total. The third-order valence-corrected chi connectivity index (χ3v) is 5.77. The fourth-order valence-corrected chi connectivity index (χ4v) is 4.19. The minimum atomic E-state index is -0.937. The average molecular weight is 396 g/mol. The number of ketones is 1. The van der Waals surface area contributed by atoms with E-state index in [4.69, 9.17) is 9.84 Å². The molecular weight excluding hydrogens is 372 g/mol. The van der Waals surface area contributed by atoms with Gasteiger partial charge in [-0.1, -0.05) is 17.6 Å². The number of Topliss-reactive ketones (excluding diaryl/α,β-unsaturated/α-hetero) is 1. The predicted molar refractivity (Wildman–Crippen MR) is 106 cm³/mol. The fourth-order valence-electron chi connectivity index (χ4n) is 4.19. The zero-order valence-electron chi connectivity index (χ0n) is 16.6. The highest BCUT2D eigenvalue weighted by molar-refractivity contribution is 5.97. The van der Waals surface area contributed by atoms with Gasteiger partial charge in [-0.05, 0) is 43.7 Å². The lowest BCUT2D eigenvalue weighted by Gasteiger charge is -2.24. The Hall–Kier alpha value is -3.07. The molecular formula is C23H24O6. The van der Waals surface area contributed by atoms with Crippen LogP contribution in [0.1, 0.15) is 65.2 Å². The second kappa shape index (κ2) is 8.52. The Balaban J connectivity index is 2.02. The van der Waals surface area contributed by atoms with Crippen LogP contribution in [-0.4, -0.2) is 27.9 Å². The Bertz CT molecular complexity index is 972. The summed E-state index contributed by atoms with van der Waals surface area (Å²) in [6, 6.07) is 0. The van der Waals surface area contributed by atoms with Crippen molar-refractivity contribution >= 4 is 17.7 Å². The van der Waals surface area contributed by atoms with Gasteiger partial charge in [0.2, 0.25) is 0 Å². The summed E-state index contributed by atoms with van der Waals surface area (Å²) in [5, 5.41) is 20.0. The Kier molecular flexibility index (Phi) is 6.07. The van der Waals surface area contributed by atoms with Gasteiger partial charge in [-0.15, -0.1) is 5.92 Å². The summed E-state index contributed by atoms with van der Waals surface area (Å²) >= 11 is 0. The van der Waals surface area contributed by atoms with Gasteiger partial charge in [-0.25, -0.2) is 4.79 Å². The highest BCUT2D eigenvalue weighted by atomic mass is 16.5. The SMILES string of the molecule is CC#CCc1c(C)c2c(c(O)c1C/C=C1\CCC(=O)CC1CC(=O)O)C(=O)OC2. The first-order valence-electron chi connectivity index (χ1n) is 9.68. The molecule has 1 atom stereocenters. The van der Waals surface area contributed by atoms with Crippen LogP contribution in [0.5, 0.6) is 5.75 Å². The van der Waals surface area contributed by atoms with Gasteiger partial charge in [0.25, 0.3) is 0 Å². The second-order valence-electron chi connectivity index (χ2n) is 7.48. The topological polar surface area (TPSA) is 101 Å². The molecule has 0 amide bonds. The first-order valence-corrected chi connectivity index (χ1v) is 9.68. The molecule has 152 valence electrons. The van der Waals surface area contributed by atoms with Crippen LogP contribution in [0, 0.1) is 24.7 Å². The van der Waals surface area contributed by atoms with Crippen LogP contribution in [0.2, 0.25) is 0 Å². The number of allylic oxidation sites excluding steroid dienone is 2. The largest absolute Gasteiger partial charge is 0.507 e. The van der Waals surface area contributed by atoms with Crippen molar-refractivity contribution in [1.82, 2.24) is 0 Å². The molecule has 1 aromatic rings. The zero-order chi connectivity index (χ0) is 21.1. The quantitative estimate of drug-likeness (QED) is 0.450. The minimum absolute atomic E-state index is 0.0753. The van der Waals surface area contributed by atoms with E-state index < -0.39 is 11.9 Å². The van der Waals surface area contributed by atoms with Gasteiger partial charge in [0.05, 0.1) is 6.42 Å². The highest BCUT2D eigenvalue weighted by Gasteiger charge is 2.31. The van der Waals surface area contributed by atoms with E-state index in [0.717, 1.165) is 16.7 Å². The molecule has 0 spiro atoms. The molecule has 6 heteroatoms. The Morgan fingerprint density at radius 1 is 1.28 bits per heavy atom. The minimum Gasteiger partial charge on any atom is -0.507 e. The van der Waals surface area contributed by atoms with Crippen molar-refractivity contribution in [1.29, 1.82) is 0 Å². The number of carboxylic acids is 1. The molecule has 6 nitrogen and oxygen atoms in total. The maximum Gasteiger partial charge on any atom is 0.342 e. The average Bonchev–Trinajstić information content (AvgIpc) is 3.05. The number of benzene rings is 1. The standard InChI is InChI=1S/C23H24O6/c1-3-4-5-17-13(2)19-12-29-23(28)21(19)22(27)18(17)9-7-14-6-8-16(24)10-15(14)11-20(25)26/h7,15,27H,5-6,8-12H2,1-2H3,(H,25,26)/b14-7+. The van der Waals surface area contributed by atoms with Crippen LogP contribution >= 0.6 is 0 Å². The normalized spacial score (nSPS) is 19.5. The molecule has 1 fully saturated rings. The van der Waals surface area contributed by atoms with E-state index in [0.29, 0.717) is 36.8 Å². The number of ether oxygens (including phenoxy) is 1. The van der Waals surface area contributed by atoms with Crippen molar-refractivity contribution < 1.29 is 29.3 Å². The summed E-state index contributed by atoms with van der Waals surface area (Å²) in [7, 11) is 0. The van der Waals surface area contributed by atoms with Crippen LogP contribution in [-0.2, 0) is 33.8 Å². The maximum atomic E-state index is 12.1. The third kappa shape index (κ3) is 4.19. The van der Waals surface area contributed by atoms with Crippen LogP contribution in [0.15, 0.2) is 11.6 Å². The molecule has 0 aromatic heterocycles. The van der Waals surface area contributed by atoms with Gasteiger partial charge in [0, 0.05) is 30.4 Å². The first kappa shape index (κ1) is 20.7. The molecule has 1 aliphatic carbocycles. The molecule has 29 heavy (non-hydrogen) atoms. The molecule has 2 aliphatic rings. The number of carboxylic acid groups (broad SMARTS) is 1. The molecule has 0 bridgehead atoms. The van der Waals surface area contributed by atoms with Crippen molar-refractivity contribution in [3.05, 3.63) is 39.5 Å². The van der Waals surface area contributed by atoms with E-state index >= 15 is 0 Å². The highest BCUT2D eigenvalue weighted by Crippen LogP contribution is 2.39. The molecule has 0 radical (unpaired) electrons. The van der Waals surface area contributed by atoms with Crippen molar-refractivity contribution in [2.24, 2.45) is 5.92 Å². The van der Waals surface area contributed by atoms with E-state index in [-0.39, 0.29) is 42.5 Å². The number of rotatable bonds is 5. The van der Waals surface area contributed by atoms with E-state index in [9.17, 15) is 19.5 Å². The fraction of sp³-hybridized carbons (Fsp3) is 0.435. The zero-order valence-corrected chi connectivity index (χ0v) is 16.6. The first-order chi connectivity index (χ1) is 13.8. The number of esters is 1. The van der Waals surface area contributed by atoms with Crippen molar-refractivity contribution in [3.63, 3.8) is 0 Å². The maximum absolute atomic E-state index is 12.1. The summed E-state index contributed by atoms with van der Waals surface area (Å²) in [5.41, 5.74) is 4.20. The molecule has 1 aliphatic heterocycles. The number of hydrogen-bond acceptors (Lipinski definition) is 5. The summed E-state index contributed by atoms with van der Waals surface area (Å²) in [6.45, 7) is 3.78. The molecule has 0 saturated heterocycles. The van der Waals surface area contributed by atoms with Crippen molar-refractivity contribution in [2.45, 2.75) is 59.0 Å². The van der Waals surface area contributed by atoms with Gasteiger partial charge >= 0.3 is 11.9 Å². The Labute approximate surface area is 169 Å². The van der Waals surface area contributed by atoms with E-state index in [1.54, 1.807) is 6.92 Å². The number of carbonyl (C=O) groups excluding carboxylic acids is 2. The van der Waals surface area contributed by atoms with Crippen molar-refractivity contribution in [3.8, 4) is 17.6 Å². The Morgan fingerprint density at radius 3 is 2.72 bits per heavy atom. The van der Waals surface area contributed by atoms with E-state index in [1.807, 2.05) is 13.0 Å². The van der Waals surface area contributed by atoms with Crippen LogP contribution in [0.25, 0.3) is 0 Å². The number of fused-ring (bicyclic) bond motifs is 1. The van der Waals surface area contributed by atoms with Crippen molar-refractivity contribution in [2.75, 3.05) is 0 Å². The van der Waals surface area contributed by atoms with Crippen LogP contribution in [0.3, 0.4) is 0 Å². The molecule has 1 unspecified atom stereocenters. The second-order valence-corrected chi connectivity index (χ2v) is 7.48. The van der Waals surface area contributed by atoms with Gasteiger partial charge in [0.15, 0.2) is 0 Å². The number of aromatic hydroxyl groups is 1.